The van der Waals surface area contributed by atoms with Crippen LogP contribution in [-0.4, -0.2) is 28.3 Å². The minimum absolute atomic E-state index is 0.0177. The maximum Gasteiger partial charge on any atom is 0.239 e. The average Bonchev–Trinajstić information content (AvgIpc) is 2.28. The lowest BCUT2D eigenvalue weighted by atomic mass is 9.94. The minimum atomic E-state index is -0.768. The Morgan fingerprint density at radius 1 is 1.35 bits per heavy atom. The largest absolute Gasteiger partial charge is 0.473 e. The SMILES string of the molecule is CC(C)CC(C)(O)CNc1ccc(N)c(OC(C)C)n1. The van der Waals surface area contributed by atoms with E-state index in [0.717, 1.165) is 6.42 Å². The third kappa shape index (κ3) is 5.65. The number of rotatable bonds is 7. The van der Waals surface area contributed by atoms with Gasteiger partial charge in [-0.05, 0) is 45.2 Å². The maximum atomic E-state index is 10.3. The normalized spacial score (nSPS) is 14.4. The van der Waals surface area contributed by atoms with Crippen LogP contribution in [0.3, 0.4) is 0 Å². The van der Waals surface area contributed by atoms with E-state index in [9.17, 15) is 5.11 Å². The molecule has 5 nitrogen and oxygen atoms in total. The van der Waals surface area contributed by atoms with Gasteiger partial charge in [0.1, 0.15) is 5.82 Å². The van der Waals surface area contributed by atoms with Crippen LogP contribution in [-0.2, 0) is 0 Å². The smallest absolute Gasteiger partial charge is 0.239 e. The van der Waals surface area contributed by atoms with E-state index in [1.54, 1.807) is 12.1 Å². The van der Waals surface area contributed by atoms with Gasteiger partial charge in [-0.25, -0.2) is 0 Å². The summed E-state index contributed by atoms with van der Waals surface area (Å²) in [5, 5.41) is 13.4. The molecule has 0 aliphatic rings. The van der Waals surface area contributed by atoms with Gasteiger partial charge >= 0.3 is 0 Å². The Bertz CT molecular complexity index is 431. The van der Waals surface area contributed by atoms with Crippen molar-refractivity contribution in [2.45, 2.75) is 52.7 Å². The summed E-state index contributed by atoms with van der Waals surface area (Å²) in [5.41, 5.74) is 5.57. The Kier molecular flexibility index (Phi) is 5.62. The predicted octanol–water partition coefficient (Wildman–Crippen LogP) is 2.66. The van der Waals surface area contributed by atoms with Gasteiger partial charge in [-0.1, -0.05) is 13.8 Å². The van der Waals surface area contributed by atoms with E-state index in [0.29, 0.717) is 29.8 Å². The van der Waals surface area contributed by atoms with Crippen LogP contribution < -0.4 is 15.8 Å². The molecule has 0 saturated heterocycles. The monoisotopic (exact) mass is 281 g/mol. The zero-order chi connectivity index (χ0) is 15.3. The molecule has 0 aromatic carbocycles. The summed E-state index contributed by atoms with van der Waals surface area (Å²) in [4.78, 5) is 4.33. The number of nitrogens with zero attached hydrogens (tertiary/aromatic N) is 1. The number of hydrogen-bond acceptors (Lipinski definition) is 5. The number of nitrogen functional groups attached to an aromatic ring is 1. The lowest BCUT2D eigenvalue weighted by molar-refractivity contribution is 0.0514. The van der Waals surface area contributed by atoms with Gasteiger partial charge < -0.3 is 20.9 Å². The molecular weight excluding hydrogens is 254 g/mol. The molecular formula is C15H27N3O2. The molecule has 1 aromatic rings. The molecule has 0 saturated carbocycles. The lowest BCUT2D eigenvalue weighted by Gasteiger charge is -2.26. The van der Waals surface area contributed by atoms with E-state index in [1.807, 2.05) is 20.8 Å². The van der Waals surface area contributed by atoms with Crippen LogP contribution in [0.25, 0.3) is 0 Å². The highest BCUT2D eigenvalue weighted by atomic mass is 16.5. The second kappa shape index (κ2) is 6.79. The maximum absolute atomic E-state index is 10.3. The molecule has 0 fully saturated rings. The predicted molar refractivity (Wildman–Crippen MR) is 83.0 cm³/mol. The van der Waals surface area contributed by atoms with E-state index in [2.05, 4.69) is 24.1 Å². The van der Waals surface area contributed by atoms with Crippen LogP contribution >= 0.6 is 0 Å². The Labute approximate surface area is 121 Å². The summed E-state index contributed by atoms with van der Waals surface area (Å²) in [6, 6.07) is 3.54. The van der Waals surface area contributed by atoms with E-state index in [-0.39, 0.29) is 6.10 Å². The van der Waals surface area contributed by atoms with Crippen molar-refractivity contribution in [3.63, 3.8) is 0 Å². The van der Waals surface area contributed by atoms with Gasteiger partial charge in [0.05, 0.1) is 17.4 Å². The first-order valence-electron chi connectivity index (χ1n) is 7.09. The fourth-order valence-corrected chi connectivity index (χ4v) is 2.10. The highest BCUT2D eigenvalue weighted by Gasteiger charge is 2.21. The first-order valence-corrected chi connectivity index (χ1v) is 7.09. The fraction of sp³-hybridized carbons (Fsp3) is 0.667. The van der Waals surface area contributed by atoms with Gasteiger partial charge in [0.25, 0.3) is 0 Å². The van der Waals surface area contributed by atoms with Crippen molar-refractivity contribution in [3.05, 3.63) is 12.1 Å². The van der Waals surface area contributed by atoms with Gasteiger partial charge in [-0.2, -0.15) is 4.98 Å². The molecule has 0 aliphatic heterocycles. The molecule has 0 spiro atoms. The second-order valence-electron chi connectivity index (χ2n) is 6.21. The van der Waals surface area contributed by atoms with Gasteiger partial charge in [-0.15, -0.1) is 0 Å². The molecule has 1 aromatic heterocycles. The number of hydrogen-bond donors (Lipinski definition) is 3. The number of aromatic nitrogens is 1. The standard InChI is InChI=1S/C15H27N3O2/c1-10(2)8-15(5,19)9-17-13-7-6-12(16)14(18-13)20-11(3)4/h6-7,10-11,19H,8-9,16H2,1-5H3,(H,17,18). The van der Waals surface area contributed by atoms with Crippen molar-refractivity contribution in [3.8, 4) is 5.88 Å². The molecule has 4 N–H and O–H groups in total. The molecule has 0 radical (unpaired) electrons. The first kappa shape index (κ1) is 16.6. The Balaban J connectivity index is 2.69. The van der Waals surface area contributed by atoms with Crippen molar-refractivity contribution < 1.29 is 9.84 Å². The number of nitrogens with one attached hydrogen (secondary N) is 1. The molecule has 0 amide bonds. The average molecular weight is 281 g/mol. The molecule has 1 unspecified atom stereocenters. The van der Waals surface area contributed by atoms with E-state index < -0.39 is 5.60 Å². The van der Waals surface area contributed by atoms with Crippen LogP contribution in [0.15, 0.2) is 12.1 Å². The lowest BCUT2D eigenvalue weighted by Crippen LogP contribution is -2.35. The molecule has 0 aliphatic carbocycles. The molecule has 114 valence electrons. The van der Waals surface area contributed by atoms with Gasteiger partial charge in [0, 0.05) is 6.54 Å². The minimum Gasteiger partial charge on any atom is -0.473 e. The van der Waals surface area contributed by atoms with Gasteiger partial charge in [0.15, 0.2) is 0 Å². The summed E-state index contributed by atoms with van der Waals surface area (Å²) < 4.78 is 5.54. The second-order valence-corrected chi connectivity index (χ2v) is 6.21. The highest BCUT2D eigenvalue weighted by Crippen LogP contribution is 2.23. The van der Waals surface area contributed by atoms with Gasteiger partial charge in [0.2, 0.25) is 5.88 Å². The van der Waals surface area contributed by atoms with Crippen LogP contribution in [0, 0.1) is 5.92 Å². The molecule has 5 heteroatoms. The quantitative estimate of drug-likeness (QED) is 0.716. The summed E-state index contributed by atoms with van der Waals surface area (Å²) >= 11 is 0. The number of aliphatic hydroxyl groups is 1. The molecule has 1 atom stereocenters. The summed E-state index contributed by atoms with van der Waals surface area (Å²) in [6.45, 7) is 10.3. The van der Waals surface area contributed by atoms with Crippen molar-refractivity contribution in [1.82, 2.24) is 4.98 Å². The fourth-order valence-electron chi connectivity index (χ4n) is 2.10. The Morgan fingerprint density at radius 2 is 2.00 bits per heavy atom. The summed E-state index contributed by atoms with van der Waals surface area (Å²) in [5.74, 6) is 1.51. The third-order valence-corrected chi connectivity index (χ3v) is 2.74. The number of nitrogens with two attached hydrogens (primary N) is 1. The molecule has 20 heavy (non-hydrogen) atoms. The van der Waals surface area contributed by atoms with Crippen molar-refractivity contribution in [1.29, 1.82) is 0 Å². The topological polar surface area (TPSA) is 80.4 Å². The van der Waals surface area contributed by atoms with Crippen molar-refractivity contribution >= 4 is 11.5 Å². The molecule has 0 bridgehead atoms. The zero-order valence-electron chi connectivity index (χ0n) is 13.1. The van der Waals surface area contributed by atoms with Crippen LogP contribution in [0.5, 0.6) is 5.88 Å². The van der Waals surface area contributed by atoms with Crippen LogP contribution in [0.4, 0.5) is 11.5 Å². The van der Waals surface area contributed by atoms with Crippen molar-refractivity contribution in [2.24, 2.45) is 5.92 Å². The number of pyridine rings is 1. The van der Waals surface area contributed by atoms with Crippen LogP contribution in [0.1, 0.15) is 41.0 Å². The van der Waals surface area contributed by atoms with Crippen molar-refractivity contribution in [2.75, 3.05) is 17.6 Å². The number of ether oxygens (including phenoxy) is 1. The van der Waals surface area contributed by atoms with Crippen LogP contribution in [0.2, 0.25) is 0 Å². The highest BCUT2D eigenvalue weighted by molar-refractivity contribution is 5.53. The Hall–Kier alpha value is -1.49. The molecule has 1 heterocycles. The van der Waals surface area contributed by atoms with E-state index in [4.69, 9.17) is 10.5 Å². The molecule has 1 rings (SSSR count). The zero-order valence-corrected chi connectivity index (χ0v) is 13.1. The summed E-state index contributed by atoms with van der Waals surface area (Å²) in [7, 11) is 0. The van der Waals surface area contributed by atoms with E-state index in [1.165, 1.54) is 0 Å². The number of anilines is 2. The first-order chi connectivity index (χ1) is 9.19. The third-order valence-electron chi connectivity index (χ3n) is 2.74. The van der Waals surface area contributed by atoms with E-state index >= 15 is 0 Å². The summed E-state index contributed by atoms with van der Waals surface area (Å²) in [6.07, 6.45) is 0.744. The Morgan fingerprint density at radius 3 is 2.55 bits per heavy atom. The van der Waals surface area contributed by atoms with Gasteiger partial charge in [-0.3, -0.25) is 0 Å².